The van der Waals surface area contributed by atoms with Crippen LogP contribution in [0.1, 0.15) is 49.9 Å². The molecular weight excluding hydrogens is 390 g/mol. The number of carbonyl (C=O) groups is 1. The number of ether oxygens (including phenoxy) is 1. The highest BCUT2D eigenvalue weighted by atomic mass is 19.3. The van der Waals surface area contributed by atoms with Gasteiger partial charge in [-0.05, 0) is 42.7 Å². The fraction of sp³-hybridized carbons (Fsp3) is 0.409. The second kappa shape index (κ2) is 9.75. The zero-order valence-corrected chi connectivity index (χ0v) is 17.2. The summed E-state index contributed by atoms with van der Waals surface area (Å²) >= 11 is 0. The van der Waals surface area contributed by atoms with Crippen molar-refractivity contribution in [1.82, 2.24) is 5.32 Å². The van der Waals surface area contributed by atoms with Crippen LogP contribution in [0.4, 0.5) is 25.0 Å². The molecule has 0 aromatic heterocycles. The van der Waals surface area contributed by atoms with Gasteiger partial charge in [0, 0.05) is 30.5 Å². The van der Waals surface area contributed by atoms with Gasteiger partial charge in [0.2, 0.25) is 0 Å². The molecule has 1 heterocycles. The highest BCUT2D eigenvalue weighted by molar-refractivity contribution is 5.89. The summed E-state index contributed by atoms with van der Waals surface area (Å²) in [7, 11) is 0. The number of hydrogen-bond donors (Lipinski definition) is 3. The van der Waals surface area contributed by atoms with E-state index in [1.807, 2.05) is 31.2 Å². The third kappa shape index (κ3) is 4.81. The van der Waals surface area contributed by atoms with Crippen molar-refractivity contribution < 1.29 is 18.3 Å². The van der Waals surface area contributed by atoms with Gasteiger partial charge in [0.05, 0.1) is 12.1 Å². The number of nitrogens with two attached hydrogens (primary N) is 1. The van der Waals surface area contributed by atoms with E-state index in [2.05, 4.69) is 27.2 Å². The number of amides is 2. The molecule has 0 saturated carbocycles. The number of nitrogens with one attached hydrogen (secondary N) is 2. The van der Waals surface area contributed by atoms with E-state index in [9.17, 15) is 13.6 Å². The summed E-state index contributed by atoms with van der Waals surface area (Å²) in [5.41, 5.74) is 9.87. The van der Waals surface area contributed by atoms with Gasteiger partial charge in [-0.3, -0.25) is 0 Å². The molecule has 3 rings (SSSR count). The number of fused-ring (bicyclic) bond motifs is 1. The molecule has 8 heteroatoms. The number of nitrogens with zero attached hydrogens (tertiary/aromatic N) is 1. The zero-order valence-electron chi connectivity index (χ0n) is 17.2. The monoisotopic (exact) mass is 418 g/mol. The first-order chi connectivity index (χ1) is 14.4. The summed E-state index contributed by atoms with van der Waals surface area (Å²) in [6.07, 6.45) is 1.95. The number of halogens is 2. The minimum atomic E-state index is -2.87. The first kappa shape index (κ1) is 21.8. The predicted molar refractivity (Wildman–Crippen MR) is 114 cm³/mol. The summed E-state index contributed by atoms with van der Waals surface area (Å²) in [5, 5.41) is 5.63. The summed E-state index contributed by atoms with van der Waals surface area (Å²) in [4.78, 5) is 14.0. The Labute approximate surface area is 175 Å². The average Bonchev–Trinajstić information content (AvgIpc) is 2.99. The Bertz CT molecular complexity index is 861. The van der Waals surface area contributed by atoms with Gasteiger partial charge in [-0.1, -0.05) is 31.5 Å². The summed E-state index contributed by atoms with van der Waals surface area (Å²) in [5.74, 6) is 0.115. The van der Waals surface area contributed by atoms with Gasteiger partial charge in [-0.25, -0.2) is 4.79 Å². The van der Waals surface area contributed by atoms with Crippen LogP contribution in [0.25, 0.3) is 0 Å². The largest absolute Gasteiger partial charge is 0.435 e. The van der Waals surface area contributed by atoms with Gasteiger partial charge >= 0.3 is 12.6 Å². The number of urea groups is 1. The molecule has 2 aromatic carbocycles. The van der Waals surface area contributed by atoms with Crippen molar-refractivity contribution in [3.63, 3.8) is 0 Å². The number of rotatable bonds is 8. The summed E-state index contributed by atoms with van der Waals surface area (Å²) in [6, 6.07) is 11.7. The molecule has 162 valence electrons. The topological polar surface area (TPSA) is 79.6 Å². The highest BCUT2D eigenvalue weighted by Crippen LogP contribution is 2.47. The molecule has 0 spiro atoms. The van der Waals surface area contributed by atoms with E-state index in [1.54, 1.807) is 12.1 Å². The van der Waals surface area contributed by atoms with E-state index in [4.69, 9.17) is 5.73 Å². The average molecular weight is 418 g/mol. The Morgan fingerprint density at radius 3 is 2.57 bits per heavy atom. The summed E-state index contributed by atoms with van der Waals surface area (Å²) < 4.78 is 29.7. The van der Waals surface area contributed by atoms with Gasteiger partial charge in [-0.15, -0.1) is 0 Å². The fourth-order valence-electron chi connectivity index (χ4n) is 3.82. The maximum Gasteiger partial charge on any atom is 0.387 e. The van der Waals surface area contributed by atoms with Crippen LogP contribution in [0.15, 0.2) is 42.5 Å². The van der Waals surface area contributed by atoms with Crippen LogP contribution in [0.3, 0.4) is 0 Å². The second-order valence-electron chi connectivity index (χ2n) is 7.21. The normalized spacial score (nSPS) is 17.7. The van der Waals surface area contributed by atoms with Crippen molar-refractivity contribution in [2.24, 2.45) is 5.73 Å². The minimum Gasteiger partial charge on any atom is -0.435 e. The van der Waals surface area contributed by atoms with Crippen molar-refractivity contribution in [2.45, 2.75) is 45.4 Å². The standard InChI is InChI=1S/C22H28F2N4O2/c1-3-5-12-26-22(29)27-15-8-6-14(7-9-15)20-19(25)17-11-10-16(30-21(23)24)13-18(17)28(20)4-2/h6-11,13,19-21H,3-5,12,25H2,1-2H3,(H2,26,27,29). The number of likely N-dealkylation sites (N-methyl/N-ethyl adjacent to an activating group) is 1. The lowest BCUT2D eigenvalue weighted by atomic mass is 9.97. The molecule has 4 N–H and O–H groups in total. The Kier molecular flexibility index (Phi) is 7.10. The Morgan fingerprint density at radius 1 is 1.20 bits per heavy atom. The van der Waals surface area contributed by atoms with Gasteiger partial charge in [0.15, 0.2) is 0 Å². The predicted octanol–water partition coefficient (Wildman–Crippen LogP) is 4.79. The minimum absolute atomic E-state index is 0.115. The van der Waals surface area contributed by atoms with Crippen LogP contribution in [0.5, 0.6) is 5.75 Å². The van der Waals surface area contributed by atoms with Crippen molar-refractivity contribution in [3.05, 3.63) is 53.6 Å². The third-order valence-electron chi connectivity index (χ3n) is 5.24. The Balaban J connectivity index is 1.75. The van der Waals surface area contributed by atoms with E-state index in [0.717, 1.165) is 29.7 Å². The van der Waals surface area contributed by atoms with Crippen molar-refractivity contribution in [1.29, 1.82) is 0 Å². The van der Waals surface area contributed by atoms with Crippen LogP contribution in [0.2, 0.25) is 0 Å². The number of anilines is 2. The lowest BCUT2D eigenvalue weighted by Crippen LogP contribution is -2.30. The zero-order chi connectivity index (χ0) is 21.7. The molecule has 1 aliphatic rings. The molecule has 2 amide bonds. The first-order valence-electron chi connectivity index (χ1n) is 10.2. The molecule has 0 bridgehead atoms. The lowest BCUT2D eigenvalue weighted by Gasteiger charge is -2.28. The van der Waals surface area contributed by atoms with Gasteiger partial charge < -0.3 is 26.0 Å². The van der Waals surface area contributed by atoms with Crippen molar-refractivity contribution >= 4 is 17.4 Å². The maximum atomic E-state index is 12.6. The van der Waals surface area contributed by atoms with E-state index in [1.165, 1.54) is 6.07 Å². The van der Waals surface area contributed by atoms with E-state index < -0.39 is 6.61 Å². The highest BCUT2D eigenvalue weighted by Gasteiger charge is 2.36. The molecule has 1 aliphatic heterocycles. The number of hydrogen-bond acceptors (Lipinski definition) is 4. The molecular formula is C22H28F2N4O2. The van der Waals surface area contributed by atoms with Crippen molar-refractivity contribution in [2.75, 3.05) is 23.3 Å². The molecule has 2 atom stereocenters. The second-order valence-corrected chi connectivity index (χ2v) is 7.21. The van der Waals surface area contributed by atoms with Gasteiger partial charge in [0.25, 0.3) is 0 Å². The molecule has 2 unspecified atom stereocenters. The smallest absolute Gasteiger partial charge is 0.387 e. The number of alkyl halides is 2. The first-order valence-corrected chi connectivity index (χ1v) is 10.2. The quantitative estimate of drug-likeness (QED) is 0.539. The van der Waals surface area contributed by atoms with Crippen LogP contribution in [-0.4, -0.2) is 25.7 Å². The maximum absolute atomic E-state index is 12.6. The molecule has 30 heavy (non-hydrogen) atoms. The van der Waals surface area contributed by atoms with Crippen LogP contribution < -0.4 is 26.0 Å². The molecule has 6 nitrogen and oxygen atoms in total. The Morgan fingerprint density at radius 2 is 1.93 bits per heavy atom. The fourth-order valence-corrected chi connectivity index (χ4v) is 3.82. The molecule has 0 radical (unpaired) electrons. The van der Waals surface area contributed by atoms with Crippen molar-refractivity contribution in [3.8, 4) is 5.75 Å². The van der Waals surface area contributed by atoms with Crippen LogP contribution in [-0.2, 0) is 0 Å². The molecule has 0 fully saturated rings. The Hall–Kier alpha value is -2.87. The number of benzene rings is 2. The van der Waals surface area contributed by atoms with Crippen LogP contribution >= 0.6 is 0 Å². The third-order valence-corrected chi connectivity index (χ3v) is 5.24. The van der Waals surface area contributed by atoms with E-state index in [0.29, 0.717) is 18.8 Å². The van der Waals surface area contributed by atoms with Crippen LogP contribution in [0, 0.1) is 0 Å². The van der Waals surface area contributed by atoms with Gasteiger partial charge in [0.1, 0.15) is 5.75 Å². The van der Waals surface area contributed by atoms with Gasteiger partial charge in [-0.2, -0.15) is 8.78 Å². The summed E-state index contributed by atoms with van der Waals surface area (Å²) in [6.45, 7) is 2.48. The van der Waals surface area contributed by atoms with E-state index >= 15 is 0 Å². The van der Waals surface area contributed by atoms with E-state index in [-0.39, 0.29) is 23.9 Å². The molecule has 0 saturated heterocycles. The molecule has 0 aliphatic carbocycles. The SMILES string of the molecule is CCCCNC(=O)Nc1ccc(C2C(N)c3ccc(OC(F)F)cc3N2CC)cc1. The number of unbranched alkanes of at least 4 members (excludes halogenated alkanes) is 1. The lowest BCUT2D eigenvalue weighted by molar-refractivity contribution is -0.0498. The molecule has 2 aromatic rings. The number of carbonyl (C=O) groups excluding carboxylic acids is 1.